The molecule has 0 aliphatic carbocycles. The molecular formula is C13H19NO3. The predicted molar refractivity (Wildman–Crippen MR) is 68.3 cm³/mol. The lowest BCUT2D eigenvalue weighted by Gasteiger charge is -2.14. The van der Waals surface area contributed by atoms with Crippen LogP contribution < -0.4 is 15.2 Å². The Kier molecular flexibility index (Phi) is 5.52. The molecule has 0 saturated heterocycles. The van der Waals surface area contributed by atoms with Gasteiger partial charge in [-0.05, 0) is 12.1 Å². The van der Waals surface area contributed by atoms with Gasteiger partial charge in [0.15, 0.2) is 0 Å². The van der Waals surface area contributed by atoms with E-state index in [1.165, 1.54) is 0 Å². The molecule has 0 aliphatic heterocycles. The van der Waals surface area contributed by atoms with Gasteiger partial charge in [0, 0.05) is 24.8 Å². The van der Waals surface area contributed by atoms with Crippen molar-refractivity contribution >= 4 is 6.08 Å². The highest BCUT2D eigenvalue weighted by atomic mass is 16.5. The van der Waals surface area contributed by atoms with Crippen molar-refractivity contribution in [3.8, 4) is 11.5 Å². The summed E-state index contributed by atoms with van der Waals surface area (Å²) < 4.78 is 15.8. The highest BCUT2D eigenvalue weighted by molar-refractivity contribution is 5.65. The second kappa shape index (κ2) is 6.93. The van der Waals surface area contributed by atoms with Crippen LogP contribution in [0, 0.1) is 0 Å². The molecule has 4 heteroatoms. The Balaban J connectivity index is 3.29. The molecule has 94 valence electrons. The fourth-order valence-corrected chi connectivity index (χ4v) is 1.65. The first-order valence-electron chi connectivity index (χ1n) is 5.37. The molecule has 0 heterocycles. The first-order valence-corrected chi connectivity index (χ1v) is 5.37. The highest BCUT2D eigenvalue weighted by Gasteiger charge is 2.12. The lowest BCUT2D eigenvalue weighted by atomic mass is 10.0. The van der Waals surface area contributed by atoms with Crippen LogP contribution in [0.2, 0.25) is 0 Å². The Hall–Kier alpha value is -1.52. The summed E-state index contributed by atoms with van der Waals surface area (Å²) in [4.78, 5) is 0. The monoisotopic (exact) mass is 237 g/mol. The Morgan fingerprint density at radius 3 is 2.29 bits per heavy atom. The minimum absolute atomic E-state index is 0.463. The zero-order valence-electron chi connectivity index (χ0n) is 10.5. The van der Waals surface area contributed by atoms with E-state index < -0.39 is 0 Å². The van der Waals surface area contributed by atoms with E-state index in [9.17, 15) is 0 Å². The van der Waals surface area contributed by atoms with E-state index in [1.54, 1.807) is 21.3 Å². The van der Waals surface area contributed by atoms with Gasteiger partial charge >= 0.3 is 0 Å². The second-order valence-electron chi connectivity index (χ2n) is 3.43. The Labute approximate surface area is 102 Å². The number of benzene rings is 1. The minimum Gasteiger partial charge on any atom is -0.496 e. The van der Waals surface area contributed by atoms with Crippen LogP contribution in [-0.2, 0) is 11.3 Å². The molecule has 0 radical (unpaired) electrons. The van der Waals surface area contributed by atoms with Gasteiger partial charge in [-0.1, -0.05) is 12.2 Å². The molecular weight excluding hydrogens is 218 g/mol. The van der Waals surface area contributed by atoms with E-state index in [4.69, 9.17) is 19.9 Å². The van der Waals surface area contributed by atoms with Gasteiger partial charge in [0.25, 0.3) is 0 Å². The third-order valence-corrected chi connectivity index (χ3v) is 2.42. The lowest BCUT2D eigenvalue weighted by Crippen LogP contribution is -2.00. The maximum Gasteiger partial charge on any atom is 0.126 e. The highest BCUT2D eigenvalue weighted by Crippen LogP contribution is 2.32. The van der Waals surface area contributed by atoms with E-state index in [0.717, 1.165) is 22.6 Å². The molecule has 0 saturated carbocycles. The molecule has 0 spiro atoms. The molecule has 2 N–H and O–H groups in total. The summed E-state index contributed by atoms with van der Waals surface area (Å²) in [6, 6.07) is 3.74. The van der Waals surface area contributed by atoms with Gasteiger partial charge in [-0.25, -0.2) is 0 Å². The summed E-state index contributed by atoms with van der Waals surface area (Å²) in [7, 11) is 4.92. The maximum absolute atomic E-state index is 5.47. The Morgan fingerprint density at radius 2 is 1.76 bits per heavy atom. The third kappa shape index (κ3) is 3.22. The fourth-order valence-electron chi connectivity index (χ4n) is 1.65. The molecule has 0 fully saturated rings. The van der Waals surface area contributed by atoms with Crippen LogP contribution >= 0.6 is 0 Å². The van der Waals surface area contributed by atoms with Crippen molar-refractivity contribution < 1.29 is 14.2 Å². The predicted octanol–water partition coefficient (Wildman–Crippen LogP) is 1.82. The molecule has 0 unspecified atom stereocenters. The first kappa shape index (κ1) is 13.5. The summed E-state index contributed by atoms with van der Waals surface area (Å²) in [6.07, 6.45) is 3.80. The molecule has 1 rings (SSSR count). The molecule has 4 nitrogen and oxygen atoms in total. The van der Waals surface area contributed by atoms with Gasteiger partial charge in [-0.3, -0.25) is 0 Å². The van der Waals surface area contributed by atoms with Crippen molar-refractivity contribution in [3.63, 3.8) is 0 Å². The Morgan fingerprint density at radius 1 is 1.12 bits per heavy atom. The average Bonchev–Trinajstić information content (AvgIpc) is 2.37. The number of rotatable bonds is 6. The van der Waals surface area contributed by atoms with Gasteiger partial charge in [0.05, 0.1) is 20.8 Å². The maximum atomic E-state index is 5.47. The summed E-state index contributed by atoms with van der Waals surface area (Å²) >= 11 is 0. The van der Waals surface area contributed by atoms with Crippen molar-refractivity contribution in [1.29, 1.82) is 0 Å². The van der Waals surface area contributed by atoms with Crippen LogP contribution in [0.4, 0.5) is 0 Å². The molecule has 0 amide bonds. The van der Waals surface area contributed by atoms with Crippen LogP contribution in [-0.4, -0.2) is 27.9 Å². The van der Waals surface area contributed by atoms with Gasteiger partial charge in [-0.15, -0.1) is 0 Å². The molecule has 0 bridgehead atoms. The Bertz CT molecular complexity index is 388. The van der Waals surface area contributed by atoms with Crippen LogP contribution in [0.15, 0.2) is 18.2 Å². The lowest BCUT2D eigenvalue weighted by molar-refractivity contribution is 0.181. The number of ether oxygens (including phenoxy) is 3. The van der Waals surface area contributed by atoms with E-state index in [0.29, 0.717) is 13.2 Å². The fraction of sp³-hybridized carbons (Fsp3) is 0.385. The number of hydrogen-bond acceptors (Lipinski definition) is 4. The standard InChI is InChI=1S/C13H19NO3/c1-15-9-11-10(5-4-8-14)12(16-2)6-7-13(11)17-3/h4-7H,8-9,14H2,1-3H3/b5-4+. The van der Waals surface area contributed by atoms with Gasteiger partial charge in [0.1, 0.15) is 11.5 Å². The topological polar surface area (TPSA) is 53.7 Å². The first-order chi connectivity index (χ1) is 8.28. The smallest absolute Gasteiger partial charge is 0.126 e. The van der Waals surface area contributed by atoms with Crippen LogP contribution in [0.1, 0.15) is 11.1 Å². The molecule has 1 aromatic rings. The summed E-state index contributed by atoms with van der Waals surface area (Å²) in [5, 5.41) is 0. The second-order valence-corrected chi connectivity index (χ2v) is 3.43. The van der Waals surface area contributed by atoms with E-state index >= 15 is 0 Å². The van der Waals surface area contributed by atoms with Crippen molar-refractivity contribution in [2.24, 2.45) is 5.73 Å². The molecule has 1 aromatic carbocycles. The molecule has 17 heavy (non-hydrogen) atoms. The summed E-state index contributed by atoms with van der Waals surface area (Å²) in [5.74, 6) is 1.56. The van der Waals surface area contributed by atoms with Gasteiger partial charge in [0.2, 0.25) is 0 Å². The van der Waals surface area contributed by atoms with Crippen molar-refractivity contribution in [2.75, 3.05) is 27.9 Å². The SMILES string of the molecule is COCc1c(OC)ccc(OC)c1/C=C/CN. The minimum atomic E-state index is 0.463. The van der Waals surface area contributed by atoms with E-state index in [-0.39, 0.29) is 0 Å². The van der Waals surface area contributed by atoms with Crippen molar-refractivity contribution in [1.82, 2.24) is 0 Å². The molecule has 0 atom stereocenters. The third-order valence-electron chi connectivity index (χ3n) is 2.42. The summed E-state index contributed by atoms with van der Waals surface area (Å²) in [5.41, 5.74) is 7.37. The van der Waals surface area contributed by atoms with Crippen molar-refractivity contribution in [2.45, 2.75) is 6.61 Å². The van der Waals surface area contributed by atoms with Crippen LogP contribution in [0.25, 0.3) is 6.08 Å². The summed E-state index contributed by atoms with van der Waals surface area (Å²) in [6.45, 7) is 0.942. The number of nitrogens with two attached hydrogens (primary N) is 1. The normalized spacial score (nSPS) is 10.8. The largest absolute Gasteiger partial charge is 0.496 e. The van der Waals surface area contributed by atoms with E-state index in [1.807, 2.05) is 24.3 Å². The molecule has 0 aliphatic rings. The van der Waals surface area contributed by atoms with Gasteiger partial charge < -0.3 is 19.9 Å². The number of hydrogen-bond donors (Lipinski definition) is 1. The zero-order chi connectivity index (χ0) is 12.7. The van der Waals surface area contributed by atoms with E-state index in [2.05, 4.69) is 0 Å². The quantitative estimate of drug-likeness (QED) is 0.820. The zero-order valence-corrected chi connectivity index (χ0v) is 10.5. The molecule has 0 aromatic heterocycles. The van der Waals surface area contributed by atoms with Crippen LogP contribution in [0.5, 0.6) is 11.5 Å². The average molecular weight is 237 g/mol. The van der Waals surface area contributed by atoms with Gasteiger partial charge in [-0.2, -0.15) is 0 Å². The van der Waals surface area contributed by atoms with Crippen LogP contribution in [0.3, 0.4) is 0 Å². The number of methoxy groups -OCH3 is 3. The van der Waals surface area contributed by atoms with Crippen molar-refractivity contribution in [3.05, 3.63) is 29.3 Å².